The molecule has 0 bridgehead atoms. The zero-order valence-corrected chi connectivity index (χ0v) is 11.0. The molecule has 2 N–H and O–H groups in total. The Hall–Kier alpha value is -1.51. The van der Waals surface area contributed by atoms with Crippen molar-refractivity contribution in [2.45, 2.75) is 38.1 Å². The van der Waals surface area contributed by atoms with Crippen LogP contribution in [0, 0.1) is 5.92 Å². The van der Waals surface area contributed by atoms with Crippen LogP contribution in [0.1, 0.15) is 32.6 Å². The molecule has 1 fully saturated rings. The highest BCUT2D eigenvalue weighted by atomic mass is 15.4. The minimum absolute atomic E-state index is 0.153. The molecule has 0 amide bonds. The highest BCUT2D eigenvalue weighted by Crippen LogP contribution is 2.46. The van der Waals surface area contributed by atoms with Crippen LogP contribution in [0.5, 0.6) is 0 Å². The van der Waals surface area contributed by atoms with Gasteiger partial charge in [-0.05, 0) is 30.9 Å². The number of aliphatic imine (C=N–C) groups is 1. The summed E-state index contributed by atoms with van der Waals surface area (Å²) in [4.78, 5) is 6.85. The van der Waals surface area contributed by atoms with Gasteiger partial charge in [0.2, 0.25) is 0 Å². The molecule has 1 aliphatic heterocycles. The van der Waals surface area contributed by atoms with E-state index < -0.39 is 0 Å². The highest BCUT2D eigenvalue weighted by molar-refractivity contribution is 5.98. The van der Waals surface area contributed by atoms with E-state index in [0.717, 1.165) is 6.54 Å². The van der Waals surface area contributed by atoms with Crippen molar-refractivity contribution in [2.24, 2.45) is 16.6 Å². The van der Waals surface area contributed by atoms with Crippen molar-refractivity contribution in [1.29, 1.82) is 0 Å². The Morgan fingerprint density at radius 2 is 2.17 bits per heavy atom. The number of hydrogen-bond donors (Lipinski definition) is 1. The Balaban J connectivity index is 2.02. The molecule has 2 unspecified atom stereocenters. The first-order chi connectivity index (χ1) is 8.78. The molecule has 1 aliphatic carbocycles. The second-order valence-electron chi connectivity index (χ2n) is 5.45. The monoisotopic (exact) mass is 243 g/mol. The summed E-state index contributed by atoms with van der Waals surface area (Å²) in [6.07, 6.45) is 5.03. The third-order valence-corrected chi connectivity index (χ3v) is 4.62. The molecule has 0 saturated heterocycles. The molecule has 1 saturated carbocycles. The van der Waals surface area contributed by atoms with Crippen molar-refractivity contribution in [1.82, 2.24) is 0 Å². The van der Waals surface area contributed by atoms with Crippen molar-refractivity contribution >= 4 is 11.6 Å². The molecule has 18 heavy (non-hydrogen) atoms. The van der Waals surface area contributed by atoms with Gasteiger partial charge in [0.25, 0.3) is 0 Å². The minimum atomic E-state index is 0.153. The van der Waals surface area contributed by atoms with Gasteiger partial charge >= 0.3 is 0 Å². The maximum Gasteiger partial charge on any atom is 0.196 e. The van der Waals surface area contributed by atoms with Crippen LogP contribution in [0.4, 0.5) is 5.69 Å². The summed E-state index contributed by atoms with van der Waals surface area (Å²) in [5.41, 5.74) is 7.50. The fraction of sp³-hybridized carbons (Fsp3) is 0.533. The van der Waals surface area contributed by atoms with Gasteiger partial charge in [-0.2, -0.15) is 0 Å². The molecule has 0 aromatic heterocycles. The molecule has 96 valence electrons. The van der Waals surface area contributed by atoms with E-state index in [1.54, 1.807) is 0 Å². The van der Waals surface area contributed by atoms with Crippen molar-refractivity contribution in [3.63, 3.8) is 0 Å². The Morgan fingerprint density at radius 1 is 1.39 bits per heavy atom. The van der Waals surface area contributed by atoms with Crippen molar-refractivity contribution in [2.75, 3.05) is 11.4 Å². The molecule has 3 nitrogen and oxygen atoms in total. The average Bonchev–Trinajstić information content (AvgIpc) is 2.96. The third kappa shape index (κ3) is 1.53. The maximum atomic E-state index is 6.16. The van der Waals surface area contributed by atoms with Crippen LogP contribution in [-0.2, 0) is 0 Å². The molecule has 2 aliphatic rings. The summed E-state index contributed by atoms with van der Waals surface area (Å²) in [5.74, 6) is 1.41. The molecule has 1 aromatic rings. The van der Waals surface area contributed by atoms with E-state index in [9.17, 15) is 0 Å². The quantitative estimate of drug-likeness (QED) is 0.867. The lowest BCUT2D eigenvalue weighted by Crippen LogP contribution is -2.54. The van der Waals surface area contributed by atoms with Crippen molar-refractivity contribution in [3.8, 4) is 0 Å². The molecule has 3 rings (SSSR count). The lowest BCUT2D eigenvalue weighted by molar-refractivity contribution is 0.331. The lowest BCUT2D eigenvalue weighted by atomic mass is 9.84. The lowest BCUT2D eigenvalue weighted by Gasteiger charge is -2.40. The van der Waals surface area contributed by atoms with Gasteiger partial charge in [-0.25, -0.2) is 0 Å². The maximum absolute atomic E-state index is 6.16. The van der Waals surface area contributed by atoms with Gasteiger partial charge in [0.1, 0.15) is 0 Å². The normalized spacial score (nSPS) is 31.1. The number of rotatable bonds is 2. The van der Waals surface area contributed by atoms with Crippen LogP contribution in [0.15, 0.2) is 35.3 Å². The fourth-order valence-electron chi connectivity index (χ4n) is 3.77. The summed E-state index contributed by atoms with van der Waals surface area (Å²) in [6, 6.07) is 10.5. The standard InChI is InChI=1S/C15H21N3/c1-2-12-7-6-10-15(12)11-17-14(16)18(15)13-8-4-3-5-9-13/h3-5,8-9,12H,2,6-7,10-11H2,1H3,(H2,16,17). The zero-order valence-electron chi connectivity index (χ0n) is 11.0. The molecule has 1 heterocycles. The third-order valence-electron chi connectivity index (χ3n) is 4.62. The molecular formula is C15H21N3. The first-order valence-electron chi connectivity index (χ1n) is 6.93. The van der Waals surface area contributed by atoms with Gasteiger partial charge in [-0.3, -0.25) is 4.99 Å². The van der Waals surface area contributed by atoms with Crippen LogP contribution >= 0.6 is 0 Å². The van der Waals surface area contributed by atoms with Crippen LogP contribution in [0.25, 0.3) is 0 Å². The summed E-state index contributed by atoms with van der Waals surface area (Å²) >= 11 is 0. The highest BCUT2D eigenvalue weighted by Gasteiger charge is 2.50. The van der Waals surface area contributed by atoms with Gasteiger partial charge in [-0.15, -0.1) is 0 Å². The smallest absolute Gasteiger partial charge is 0.196 e. The number of nitrogens with two attached hydrogens (primary N) is 1. The predicted octanol–water partition coefficient (Wildman–Crippen LogP) is 2.77. The SMILES string of the molecule is CCC1CCCC12CN=C(N)N2c1ccccc1. The van der Waals surface area contributed by atoms with E-state index in [1.807, 2.05) is 6.07 Å². The summed E-state index contributed by atoms with van der Waals surface area (Å²) in [6.45, 7) is 3.15. The van der Waals surface area contributed by atoms with Gasteiger partial charge in [0.05, 0.1) is 12.1 Å². The molecule has 0 radical (unpaired) electrons. The predicted molar refractivity (Wildman–Crippen MR) is 75.8 cm³/mol. The number of hydrogen-bond acceptors (Lipinski definition) is 3. The van der Waals surface area contributed by atoms with Crippen LogP contribution < -0.4 is 10.6 Å². The summed E-state index contributed by atoms with van der Waals surface area (Å²) in [7, 11) is 0. The van der Waals surface area contributed by atoms with Gasteiger partial charge in [0, 0.05) is 5.69 Å². The topological polar surface area (TPSA) is 41.6 Å². The van der Waals surface area contributed by atoms with Gasteiger partial charge in [-0.1, -0.05) is 38.0 Å². The van der Waals surface area contributed by atoms with E-state index in [1.165, 1.54) is 31.4 Å². The second-order valence-corrected chi connectivity index (χ2v) is 5.45. The molecule has 1 spiro atoms. The number of guanidine groups is 1. The Bertz CT molecular complexity index is 454. The molecule has 1 aromatic carbocycles. The Morgan fingerprint density at radius 3 is 2.89 bits per heavy atom. The number of benzene rings is 1. The Kier molecular flexibility index (Phi) is 2.77. The average molecular weight is 243 g/mol. The van der Waals surface area contributed by atoms with E-state index >= 15 is 0 Å². The van der Waals surface area contributed by atoms with E-state index in [4.69, 9.17) is 5.73 Å². The van der Waals surface area contributed by atoms with Gasteiger partial charge < -0.3 is 10.6 Å². The Labute approximate surface area is 109 Å². The van der Waals surface area contributed by atoms with Crippen LogP contribution in [0.3, 0.4) is 0 Å². The molecule has 2 atom stereocenters. The van der Waals surface area contributed by atoms with Gasteiger partial charge in [0.15, 0.2) is 5.96 Å². The van der Waals surface area contributed by atoms with Crippen LogP contribution in [0.2, 0.25) is 0 Å². The zero-order chi connectivity index (χ0) is 12.6. The number of para-hydroxylation sites is 1. The second kappa shape index (κ2) is 4.30. The van der Waals surface area contributed by atoms with E-state index in [-0.39, 0.29) is 5.54 Å². The first kappa shape index (κ1) is 11.6. The first-order valence-corrected chi connectivity index (χ1v) is 6.93. The largest absolute Gasteiger partial charge is 0.369 e. The number of anilines is 1. The molecule has 3 heteroatoms. The van der Waals surface area contributed by atoms with Crippen LogP contribution in [-0.4, -0.2) is 18.0 Å². The van der Waals surface area contributed by atoms with Crippen molar-refractivity contribution < 1.29 is 0 Å². The van der Waals surface area contributed by atoms with E-state index in [0.29, 0.717) is 11.9 Å². The molecular weight excluding hydrogens is 222 g/mol. The van der Waals surface area contributed by atoms with E-state index in [2.05, 4.69) is 41.1 Å². The number of nitrogens with zero attached hydrogens (tertiary/aromatic N) is 2. The summed E-state index contributed by atoms with van der Waals surface area (Å²) in [5, 5.41) is 0. The van der Waals surface area contributed by atoms with Crippen molar-refractivity contribution in [3.05, 3.63) is 30.3 Å². The minimum Gasteiger partial charge on any atom is -0.369 e. The fourth-order valence-corrected chi connectivity index (χ4v) is 3.77. The summed E-state index contributed by atoms with van der Waals surface area (Å²) < 4.78 is 0.